The van der Waals surface area contributed by atoms with Crippen molar-refractivity contribution in [3.05, 3.63) is 18.0 Å². The van der Waals surface area contributed by atoms with Gasteiger partial charge < -0.3 is 14.8 Å². The first-order valence-electron chi connectivity index (χ1n) is 6.39. The third kappa shape index (κ3) is 2.75. The zero-order valence-electron chi connectivity index (χ0n) is 11.6. The van der Waals surface area contributed by atoms with Gasteiger partial charge in [0.25, 0.3) is 0 Å². The van der Waals surface area contributed by atoms with Gasteiger partial charge in [-0.2, -0.15) is 0 Å². The Hall–Kier alpha value is -1.29. The van der Waals surface area contributed by atoms with Crippen LogP contribution in [0.1, 0.15) is 32.4 Å². The van der Waals surface area contributed by atoms with E-state index in [1.54, 1.807) is 20.4 Å². The second-order valence-corrected chi connectivity index (χ2v) is 5.34. The summed E-state index contributed by atoms with van der Waals surface area (Å²) < 4.78 is 10.7. The molecule has 1 saturated carbocycles. The van der Waals surface area contributed by atoms with Gasteiger partial charge in [-0.15, -0.1) is 0 Å². The molecule has 4 heteroatoms. The number of rotatable bonds is 6. The van der Waals surface area contributed by atoms with E-state index in [0.717, 1.165) is 23.1 Å². The molecule has 0 unspecified atom stereocenters. The van der Waals surface area contributed by atoms with E-state index in [1.165, 1.54) is 12.8 Å². The van der Waals surface area contributed by atoms with E-state index in [-0.39, 0.29) is 5.54 Å². The fraction of sp³-hybridized carbons (Fsp3) is 0.643. The Bertz CT molecular complexity index is 414. The van der Waals surface area contributed by atoms with Gasteiger partial charge in [-0.25, -0.2) is 0 Å². The Kier molecular flexibility index (Phi) is 3.76. The Morgan fingerprint density at radius 1 is 1.33 bits per heavy atom. The van der Waals surface area contributed by atoms with Gasteiger partial charge in [-0.1, -0.05) is 0 Å². The SMILES string of the molecule is COc1ccnc(CNC(C)(C)C2CC2)c1OC. The molecule has 0 amide bonds. The fourth-order valence-corrected chi connectivity index (χ4v) is 2.24. The number of nitrogens with one attached hydrogen (secondary N) is 1. The lowest BCUT2D eigenvalue weighted by atomic mass is 9.99. The Morgan fingerprint density at radius 2 is 2.06 bits per heavy atom. The third-order valence-electron chi connectivity index (χ3n) is 3.68. The van der Waals surface area contributed by atoms with Gasteiger partial charge in [0.1, 0.15) is 0 Å². The van der Waals surface area contributed by atoms with Gasteiger partial charge in [-0.05, 0) is 32.6 Å². The monoisotopic (exact) mass is 250 g/mol. The van der Waals surface area contributed by atoms with Crippen molar-refractivity contribution >= 4 is 0 Å². The highest BCUT2D eigenvalue weighted by Crippen LogP contribution is 2.39. The number of hydrogen-bond acceptors (Lipinski definition) is 4. The summed E-state index contributed by atoms with van der Waals surface area (Å²) in [5, 5.41) is 3.57. The van der Waals surface area contributed by atoms with Crippen molar-refractivity contribution in [1.29, 1.82) is 0 Å². The summed E-state index contributed by atoms with van der Waals surface area (Å²) in [6, 6.07) is 1.81. The highest BCUT2D eigenvalue weighted by Gasteiger charge is 2.37. The number of methoxy groups -OCH3 is 2. The first-order valence-corrected chi connectivity index (χ1v) is 6.39. The summed E-state index contributed by atoms with van der Waals surface area (Å²) in [5.74, 6) is 2.24. The molecule has 0 aliphatic heterocycles. The van der Waals surface area contributed by atoms with Crippen molar-refractivity contribution in [1.82, 2.24) is 10.3 Å². The highest BCUT2D eigenvalue weighted by atomic mass is 16.5. The number of hydrogen-bond donors (Lipinski definition) is 1. The van der Waals surface area contributed by atoms with Crippen molar-refractivity contribution in [2.75, 3.05) is 14.2 Å². The average Bonchev–Trinajstić information content (AvgIpc) is 3.20. The van der Waals surface area contributed by atoms with Crippen LogP contribution in [0.5, 0.6) is 11.5 Å². The highest BCUT2D eigenvalue weighted by molar-refractivity contribution is 5.42. The minimum atomic E-state index is 0.162. The summed E-state index contributed by atoms with van der Waals surface area (Å²) >= 11 is 0. The summed E-state index contributed by atoms with van der Waals surface area (Å²) in [5.41, 5.74) is 1.06. The number of nitrogens with zero attached hydrogens (tertiary/aromatic N) is 1. The Balaban J connectivity index is 2.08. The van der Waals surface area contributed by atoms with Gasteiger partial charge >= 0.3 is 0 Å². The molecule has 2 rings (SSSR count). The summed E-state index contributed by atoms with van der Waals surface area (Å²) in [6.45, 7) is 5.19. The van der Waals surface area contributed by atoms with Crippen LogP contribution < -0.4 is 14.8 Å². The molecule has 1 aromatic heterocycles. The van der Waals surface area contributed by atoms with E-state index in [2.05, 4.69) is 24.1 Å². The molecule has 0 spiro atoms. The molecule has 1 aliphatic carbocycles. The van der Waals surface area contributed by atoms with Crippen molar-refractivity contribution < 1.29 is 9.47 Å². The molecule has 0 radical (unpaired) electrons. The molecule has 4 nitrogen and oxygen atoms in total. The summed E-state index contributed by atoms with van der Waals surface area (Å²) in [7, 11) is 3.29. The van der Waals surface area contributed by atoms with Crippen molar-refractivity contribution in [3.63, 3.8) is 0 Å². The first-order chi connectivity index (χ1) is 8.58. The van der Waals surface area contributed by atoms with Crippen LogP contribution in [-0.2, 0) is 6.54 Å². The molecular weight excluding hydrogens is 228 g/mol. The topological polar surface area (TPSA) is 43.4 Å². The van der Waals surface area contributed by atoms with E-state index in [1.807, 2.05) is 6.07 Å². The zero-order valence-corrected chi connectivity index (χ0v) is 11.6. The molecule has 1 N–H and O–H groups in total. The van der Waals surface area contributed by atoms with E-state index in [0.29, 0.717) is 6.54 Å². The minimum absolute atomic E-state index is 0.162. The molecule has 100 valence electrons. The maximum atomic E-state index is 5.38. The minimum Gasteiger partial charge on any atom is -0.493 e. The number of aromatic nitrogens is 1. The lowest BCUT2D eigenvalue weighted by Crippen LogP contribution is -2.41. The standard InChI is InChI=1S/C14H22N2O2/c1-14(2,10-5-6-10)16-9-11-13(18-4)12(17-3)7-8-15-11/h7-8,10,16H,5-6,9H2,1-4H3. The normalized spacial score (nSPS) is 15.6. The molecule has 0 atom stereocenters. The third-order valence-corrected chi connectivity index (χ3v) is 3.68. The van der Waals surface area contributed by atoms with Gasteiger partial charge in [-0.3, -0.25) is 4.98 Å². The molecular formula is C14H22N2O2. The average molecular weight is 250 g/mol. The molecule has 1 aromatic rings. The van der Waals surface area contributed by atoms with E-state index >= 15 is 0 Å². The maximum absolute atomic E-state index is 5.38. The van der Waals surface area contributed by atoms with Crippen LogP contribution in [0.25, 0.3) is 0 Å². The van der Waals surface area contributed by atoms with E-state index < -0.39 is 0 Å². The molecule has 1 aliphatic rings. The van der Waals surface area contributed by atoms with E-state index in [9.17, 15) is 0 Å². The van der Waals surface area contributed by atoms with Gasteiger partial charge in [0.15, 0.2) is 11.5 Å². The number of ether oxygens (including phenoxy) is 2. The molecule has 0 bridgehead atoms. The predicted molar refractivity (Wildman–Crippen MR) is 71.0 cm³/mol. The fourth-order valence-electron chi connectivity index (χ4n) is 2.24. The number of pyridine rings is 1. The maximum Gasteiger partial charge on any atom is 0.183 e. The summed E-state index contributed by atoms with van der Waals surface area (Å²) in [6.07, 6.45) is 4.40. The van der Waals surface area contributed by atoms with Gasteiger partial charge in [0.2, 0.25) is 0 Å². The van der Waals surface area contributed by atoms with Crippen LogP contribution >= 0.6 is 0 Å². The first kappa shape index (κ1) is 13.1. The van der Waals surface area contributed by atoms with Crippen LogP contribution in [0.15, 0.2) is 12.3 Å². The second kappa shape index (κ2) is 5.14. The van der Waals surface area contributed by atoms with Gasteiger partial charge in [0.05, 0.1) is 19.9 Å². The smallest absolute Gasteiger partial charge is 0.183 e. The largest absolute Gasteiger partial charge is 0.493 e. The van der Waals surface area contributed by atoms with Crippen LogP contribution in [0.2, 0.25) is 0 Å². The van der Waals surface area contributed by atoms with Crippen LogP contribution in [0.3, 0.4) is 0 Å². The van der Waals surface area contributed by atoms with Crippen molar-refractivity contribution in [2.45, 2.75) is 38.8 Å². The second-order valence-electron chi connectivity index (χ2n) is 5.34. The van der Waals surface area contributed by atoms with Crippen molar-refractivity contribution in [2.24, 2.45) is 5.92 Å². The van der Waals surface area contributed by atoms with Gasteiger partial charge in [0, 0.05) is 24.3 Å². The van der Waals surface area contributed by atoms with E-state index in [4.69, 9.17) is 9.47 Å². The van der Waals surface area contributed by atoms with Crippen LogP contribution in [0, 0.1) is 5.92 Å². The quantitative estimate of drug-likeness (QED) is 0.842. The lowest BCUT2D eigenvalue weighted by molar-refractivity contribution is 0.323. The zero-order chi connectivity index (χ0) is 13.2. The van der Waals surface area contributed by atoms with Crippen LogP contribution in [0.4, 0.5) is 0 Å². The van der Waals surface area contributed by atoms with Crippen molar-refractivity contribution in [3.8, 4) is 11.5 Å². The Morgan fingerprint density at radius 3 is 2.61 bits per heavy atom. The molecule has 0 saturated heterocycles. The molecule has 18 heavy (non-hydrogen) atoms. The molecule has 1 heterocycles. The molecule has 0 aromatic carbocycles. The lowest BCUT2D eigenvalue weighted by Gasteiger charge is -2.26. The van der Waals surface area contributed by atoms with Crippen LogP contribution in [-0.4, -0.2) is 24.7 Å². The summed E-state index contributed by atoms with van der Waals surface area (Å²) in [4.78, 5) is 4.37. The predicted octanol–water partition coefficient (Wildman–Crippen LogP) is 2.38. The Labute approximate surface area is 109 Å². The molecule has 1 fully saturated rings.